The molecule has 0 aliphatic carbocycles. The van der Waals surface area contributed by atoms with E-state index in [1.165, 1.54) is 70.1 Å². The van der Waals surface area contributed by atoms with Gasteiger partial charge in [-0.25, -0.2) is 4.57 Å². The Morgan fingerprint density at radius 2 is 1.55 bits per heavy atom. The molecule has 0 amide bonds. The topological polar surface area (TPSA) is 3.88 Å². The largest absolute Gasteiger partial charge is 0.222 e. The normalized spacial score (nSPS) is 12.8. The van der Waals surface area contributed by atoms with E-state index < -0.39 is 0 Å². The fraction of sp³-hybridized carbons (Fsp3) is 0.207. The van der Waals surface area contributed by atoms with Crippen molar-refractivity contribution in [2.75, 3.05) is 0 Å². The molecule has 5 aromatic rings. The zero-order valence-corrected chi connectivity index (χ0v) is 19.5. The highest BCUT2D eigenvalue weighted by Crippen LogP contribution is 2.52. The van der Waals surface area contributed by atoms with Gasteiger partial charge in [0.2, 0.25) is 5.69 Å². The van der Waals surface area contributed by atoms with Crippen molar-refractivity contribution < 1.29 is 4.57 Å². The maximum atomic E-state index is 2.42. The summed E-state index contributed by atoms with van der Waals surface area (Å²) in [6, 6.07) is 20.4. The Morgan fingerprint density at radius 1 is 0.806 bits per heavy atom. The van der Waals surface area contributed by atoms with Crippen molar-refractivity contribution in [3.8, 4) is 11.3 Å². The van der Waals surface area contributed by atoms with Crippen molar-refractivity contribution in [3.63, 3.8) is 0 Å². The van der Waals surface area contributed by atoms with Gasteiger partial charge in [-0.05, 0) is 64.1 Å². The molecule has 1 aromatic heterocycles. The van der Waals surface area contributed by atoms with Gasteiger partial charge < -0.3 is 0 Å². The molecule has 0 N–H and O–H groups in total. The molecule has 0 fully saturated rings. The van der Waals surface area contributed by atoms with Crippen LogP contribution in [-0.2, 0) is 7.05 Å². The van der Waals surface area contributed by atoms with Crippen LogP contribution in [-0.4, -0.2) is 0 Å². The lowest BCUT2D eigenvalue weighted by Crippen LogP contribution is -2.32. The van der Waals surface area contributed by atoms with Crippen LogP contribution in [0.25, 0.3) is 43.6 Å². The van der Waals surface area contributed by atoms with Crippen LogP contribution in [0.4, 0.5) is 0 Å². The number of rotatable bonds is 1. The predicted molar refractivity (Wildman–Crippen MR) is 133 cm³/mol. The standard InChI is InChI=1S/C29H26NS/c1-16(2)20-12-8-9-19-15-24-27-23(26(19)20)13-14-30(5)28(27)25-17(3)21-10-6-7-11-22(21)18(4)29(25)31-24/h6-16H,1-5H3/q+1. The summed E-state index contributed by atoms with van der Waals surface area (Å²) in [5.74, 6) is 0.492. The molecule has 1 nitrogen and oxygen atoms in total. The molecule has 2 heterocycles. The van der Waals surface area contributed by atoms with Crippen LogP contribution >= 0.6 is 11.8 Å². The van der Waals surface area contributed by atoms with Gasteiger partial charge in [0.15, 0.2) is 6.20 Å². The van der Waals surface area contributed by atoms with Crippen LogP contribution < -0.4 is 4.57 Å². The second-order valence-electron chi connectivity index (χ2n) is 9.14. The summed E-state index contributed by atoms with van der Waals surface area (Å²) in [6.07, 6.45) is 2.25. The lowest BCUT2D eigenvalue weighted by atomic mass is 9.88. The summed E-state index contributed by atoms with van der Waals surface area (Å²) >= 11 is 1.96. The Hall–Kier alpha value is -2.84. The Balaban J connectivity index is 1.86. The lowest BCUT2D eigenvalue weighted by Gasteiger charge is -2.24. The van der Waals surface area contributed by atoms with Gasteiger partial charge in [0.05, 0.1) is 10.9 Å². The second kappa shape index (κ2) is 6.58. The Morgan fingerprint density at radius 3 is 2.29 bits per heavy atom. The van der Waals surface area contributed by atoms with Crippen molar-refractivity contribution in [2.45, 2.75) is 43.4 Å². The zero-order valence-electron chi connectivity index (χ0n) is 18.7. The van der Waals surface area contributed by atoms with Gasteiger partial charge in [-0.3, -0.25) is 0 Å². The summed E-state index contributed by atoms with van der Waals surface area (Å²) in [5, 5.41) is 8.28. The fourth-order valence-electron chi connectivity index (χ4n) is 5.48. The summed E-state index contributed by atoms with van der Waals surface area (Å²) in [5.41, 5.74) is 6.97. The number of aryl methyl sites for hydroxylation is 3. The van der Waals surface area contributed by atoms with Crippen LogP contribution in [0.3, 0.4) is 0 Å². The summed E-state index contributed by atoms with van der Waals surface area (Å²) in [6.45, 7) is 9.18. The number of benzene rings is 4. The van der Waals surface area contributed by atoms with Crippen LogP contribution in [0, 0.1) is 13.8 Å². The molecule has 31 heavy (non-hydrogen) atoms. The number of hydrogen-bond acceptors (Lipinski definition) is 1. The highest BCUT2D eigenvalue weighted by molar-refractivity contribution is 8.00. The van der Waals surface area contributed by atoms with E-state index in [4.69, 9.17) is 0 Å². The van der Waals surface area contributed by atoms with E-state index in [1.807, 2.05) is 11.8 Å². The molecule has 0 spiro atoms. The van der Waals surface area contributed by atoms with E-state index in [1.54, 1.807) is 0 Å². The minimum Gasteiger partial charge on any atom is -0.200 e. The first-order chi connectivity index (χ1) is 15.0. The van der Waals surface area contributed by atoms with E-state index in [0.29, 0.717) is 5.92 Å². The number of aromatic nitrogens is 1. The van der Waals surface area contributed by atoms with Gasteiger partial charge in [0.1, 0.15) is 7.05 Å². The average molecular weight is 421 g/mol. The molecule has 2 heteroatoms. The number of nitrogens with zero attached hydrogens (tertiary/aromatic N) is 1. The van der Waals surface area contributed by atoms with E-state index in [9.17, 15) is 0 Å². The van der Waals surface area contributed by atoms with Crippen molar-refractivity contribution >= 4 is 44.1 Å². The van der Waals surface area contributed by atoms with E-state index in [0.717, 1.165) is 0 Å². The quantitative estimate of drug-likeness (QED) is 0.193. The molecule has 1 aliphatic heterocycles. The van der Waals surface area contributed by atoms with Crippen molar-refractivity contribution in [1.29, 1.82) is 0 Å². The smallest absolute Gasteiger partial charge is 0.200 e. The SMILES string of the molecule is Cc1c2c(c(C)c3ccccc13)-c1c3c(cc4cccc(C(C)C)c4c3cc[n+]1C)S2. The minimum atomic E-state index is 0.492. The van der Waals surface area contributed by atoms with Crippen LogP contribution in [0.5, 0.6) is 0 Å². The molecular weight excluding hydrogens is 394 g/mol. The maximum absolute atomic E-state index is 2.42. The fourth-order valence-corrected chi connectivity index (χ4v) is 6.81. The minimum absolute atomic E-state index is 0.492. The molecule has 0 saturated heterocycles. The molecule has 1 aliphatic rings. The molecule has 0 saturated carbocycles. The Bertz CT molecular complexity index is 1560. The molecule has 6 rings (SSSR count). The van der Waals surface area contributed by atoms with Crippen LogP contribution in [0.15, 0.2) is 70.6 Å². The van der Waals surface area contributed by atoms with Gasteiger partial charge in [-0.15, -0.1) is 0 Å². The van der Waals surface area contributed by atoms with E-state index in [2.05, 4.69) is 100 Å². The average Bonchev–Trinajstić information content (AvgIpc) is 2.78. The molecule has 0 atom stereocenters. The highest BCUT2D eigenvalue weighted by atomic mass is 32.2. The van der Waals surface area contributed by atoms with Gasteiger partial charge in [0, 0.05) is 21.2 Å². The summed E-state index contributed by atoms with van der Waals surface area (Å²) in [7, 11) is 2.20. The first-order valence-electron chi connectivity index (χ1n) is 11.1. The van der Waals surface area contributed by atoms with Gasteiger partial charge >= 0.3 is 0 Å². The first-order valence-corrected chi connectivity index (χ1v) is 11.9. The third-order valence-electron chi connectivity index (χ3n) is 7.00. The van der Waals surface area contributed by atoms with Gasteiger partial charge in [-0.2, -0.15) is 0 Å². The predicted octanol–water partition coefficient (Wildman–Crippen LogP) is 7.84. The first kappa shape index (κ1) is 18.9. The molecular formula is C29H26NS+. The van der Waals surface area contributed by atoms with Crippen LogP contribution in [0.1, 0.15) is 36.5 Å². The Kier molecular flexibility index (Phi) is 4.01. The van der Waals surface area contributed by atoms with E-state index in [-0.39, 0.29) is 0 Å². The number of fused-ring (bicyclic) bond motifs is 5. The molecule has 0 unspecified atom stereocenters. The lowest BCUT2D eigenvalue weighted by molar-refractivity contribution is -0.659. The van der Waals surface area contributed by atoms with Crippen molar-refractivity contribution in [2.24, 2.45) is 7.05 Å². The number of pyridine rings is 1. The van der Waals surface area contributed by atoms with E-state index >= 15 is 0 Å². The Labute approximate surface area is 187 Å². The van der Waals surface area contributed by atoms with Gasteiger partial charge in [0.25, 0.3) is 0 Å². The van der Waals surface area contributed by atoms with Crippen molar-refractivity contribution in [1.82, 2.24) is 0 Å². The number of hydrogen-bond donors (Lipinski definition) is 0. The zero-order chi connectivity index (χ0) is 21.4. The van der Waals surface area contributed by atoms with Crippen molar-refractivity contribution in [3.05, 3.63) is 77.5 Å². The molecule has 0 bridgehead atoms. The second-order valence-corrected chi connectivity index (χ2v) is 10.2. The molecule has 4 aromatic carbocycles. The van der Waals surface area contributed by atoms with Gasteiger partial charge in [-0.1, -0.05) is 68.1 Å². The maximum Gasteiger partial charge on any atom is 0.222 e. The van der Waals surface area contributed by atoms with Crippen LogP contribution in [0.2, 0.25) is 0 Å². The monoisotopic (exact) mass is 420 g/mol. The summed E-state index contributed by atoms with van der Waals surface area (Å²) in [4.78, 5) is 2.78. The summed E-state index contributed by atoms with van der Waals surface area (Å²) < 4.78 is 2.33. The molecule has 0 radical (unpaired) electrons. The molecule has 152 valence electrons. The highest BCUT2D eigenvalue weighted by Gasteiger charge is 2.31. The third kappa shape index (κ3) is 2.49. The third-order valence-corrected chi connectivity index (χ3v) is 8.26.